The molecule has 2 atom stereocenters. The molecule has 0 aliphatic carbocycles. The van der Waals surface area contributed by atoms with Gasteiger partial charge in [0.1, 0.15) is 5.75 Å². The molecule has 1 heterocycles. The van der Waals surface area contributed by atoms with Crippen molar-refractivity contribution in [3.63, 3.8) is 0 Å². The fourth-order valence-electron chi connectivity index (χ4n) is 3.38. The third kappa shape index (κ3) is 5.22. The summed E-state index contributed by atoms with van der Waals surface area (Å²) in [7, 11) is -3.57. The number of fused-ring (bicyclic) bond motifs is 1. The molecule has 1 aliphatic rings. The van der Waals surface area contributed by atoms with Crippen LogP contribution in [0.25, 0.3) is 0 Å². The minimum Gasteiger partial charge on any atom is -0.490 e. The molecule has 0 spiro atoms. The van der Waals surface area contributed by atoms with Crippen LogP contribution in [0.15, 0.2) is 42.5 Å². The Balaban J connectivity index is 1.78. The Morgan fingerprint density at radius 3 is 2.52 bits per heavy atom. The Kier molecular flexibility index (Phi) is 6.94. The molecule has 2 aromatic carbocycles. The summed E-state index contributed by atoms with van der Waals surface area (Å²) in [6, 6.07) is 11.9. The van der Waals surface area contributed by atoms with Crippen LogP contribution in [0.1, 0.15) is 32.4 Å². The van der Waals surface area contributed by atoms with Crippen LogP contribution in [0.4, 0.5) is 5.69 Å². The maximum absolute atomic E-state index is 12.9. The van der Waals surface area contributed by atoms with E-state index in [2.05, 4.69) is 5.32 Å². The zero-order valence-corrected chi connectivity index (χ0v) is 18.9. The van der Waals surface area contributed by atoms with Crippen molar-refractivity contribution in [2.75, 3.05) is 30.3 Å². The quantitative estimate of drug-likeness (QED) is 0.667. The molecule has 0 unspecified atom stereocenters. The van der Waals surface area contributed by atoms with Crippen molar-refractivity contribution in [1.29, 1.82) is 0 Å². The van der Waals surface area contributed by atoms with Crippen molar-refractivity contribution < 1.29 is 27.4 Å². The number of anilines is 1. The Labute approximate surface area is 183 Å². The van der Waals surface area contributed by atoms with Gasteiger partial charge in [0, 0.05) is 0 Å². The van der Waals surface area contributed by atoms with Gasteiger partial charge in [-0.15, -0.1) is 0 Å². The van der Waals surface area contributed by atoms with Gasteiger partial charge >= 0.3 is 0 Å². The highest BCUT2D eigenvalue weighted by molar-refractivity contribution is 7.92. The normalized spacial score (nSPS) is 16.6. The summed E-state index contributed by atoms with van der Waals surface area (Å²) in [5, 5.41) is 2.91. The maximum Gasteiger partial charge on any atom is 0.263 e. The van der Waals surface area contributed by atoms with E-state index in [0.717, 1.165) is 11.8 Å². The van der Waals surface area contributed by atoms with Gasteiger partial charge in [-0.2, -0.15) is 0 Å². The number of para-hydroxylation sites is 2. The molecule has 3 rings (SSSR count). The lowest BCUT2D eigenvalue weighted by Crippen LogP contribution is -2.50. The molecule has 1 aliphatic heterocycles. The molecule has 0 bridgehead atoms. The zero-order chi connectivity index (χ0) is 22.6. The van der Waals surface area contributed by atoms with Crippen LogP contribution in [0.3, 0.4) is 0 Å². The summed E-state index contributed by atoms with van der Waals surface area (Å²) < 4.78 is 42.8. The van der Waals surface area contributed by atoms with Crippen LogP contribution in [-0.2, 0) is 14.8 Å². The molecular weight excluding hydrogens is 420 g/mol. The number of benzene rings is 2. The number of rotatable bonds is 8. The Morgan fingerprint density at radius 1 is 1.16 bits per heavy atom. The zero-order valence-electron chi connectivity index (χ0n) is 18.1. The highest BCUT2D eigenvalue weighted by atomic mass is 32.2. The standard InChI is InChI=1S/C22H28N2O6S/c1-5-28-19-12-11-16(13-20(19)29-6-2)15(3)23-22(25)21-14-24(31(4,26)27)17-9-7-8-10-18(17)30-21/h7-13,15,21H,5-6,14H2,1-4H3,(H,23,25)/t15-,21-/m0/s1. The molecule has 0 fully saturated rings. The smallest absolute Gasteiger partial charge is 0.263 e. The summed E-state index contributed by atoms with van der Waals surface area (Å²) >= 11 is 0. The highest BCUT2D eigenvalue weighted by Gasteiger charge is 2.35. The molecule has 0 aromatic heterocycles. The second-order valence-electron chi connectivity index (χ2n) is 7.17. The van der Waals surface area contributed by atoms with Gasteiger partial charge in [-0.05, 0) is 50.6 Å². The lowest BCUT2D eigenvalue weighted by Gasteiger charge is -2.34. The van der Waals surface area contributed by atoms with Gasteiger partial charge in [0.15, 0.2) is 17.6 Å². The highest BCUT2D eigenvalue weighted by Crippen LogP contribution is 2.35. The number of amides is 1. The first-order chi connectivity index (χ1) is 14.7. The number of nitrogens with one attached hydrogen (secondary N) is 1. The minimum absolute atomic E-state index is 0.0954. The van der Waals surface area contributed by atoms with Gasteiger partial charge < -0.3 is 19.5 Å². The molecule has 1 amide bonds. The van der Waals surface area contributed by atoms with Crippen LogP contribution >= 0.6 is 0 Å². The minimum atomic E-state index is -3.57. The maximum atomic E-state index is 12.9. The first-order valence-corrected chi connectivity index (χ1v) is 12.0. The molecular formula is C22H28N2O6S. The van der Waals surface area contributed by atoms with Crippen molar-refractivity contribution in [3.05, 3.63) is 48.0 Å². The van der Waals surface area contributed by atoms with Crippen molar-refractivity contribution in [2.45, 2.75) is 32.9 Å². The van der Waals surface area contributed by atoms with Crippen molar-refractivity contribution in [1.82, 2.24) is 5.32 Å². The van der Waals surface area contributed by atoms with Crippen molar-refractivity contribution in [2.24, 2.45) is 0 Å². The molecule has 8 nitrogen and oxygen atoms in total. The number of hydrogen-bond donors (Lipinski definition) is 1. The Hall–Kier alpha value is -2.94. The predicted octanol–water partition coefficient (Wildman–Crippen LogP) is 2.89. The van der Waals surface area contributed by atoms with E-state index >= 15 is 0 Å². The predicted molar refractivity (Wildman–Crippen MR) is 118 cm³/mol. The van der Waals surface area contributed by atoms with Crippen LogP contribution in [-0.4, -0.2) is 46.4 Å². The average molecular weight is 449 g/mol. The van der Waals surface area contributed by atoms with Crippen LogP contribution in [0, 0.1) is 0 Å². The summed E-state index contributed by atoms with van der Waals surface area (Å²) in [5.41, 5.74) is 1.26. The van der Waals surface area contributed by atoms with Gasteiger partial charge in [-0.3, -0.25) is 9.10 Å². The van der Waals surface area contributed by atoms with Crippen LogP contribution in [0.5, 0.6) is 17.2 Å². The topological polar surface area (TPSA) is 94.2 Å². The molecule has 9 heteroatoms. The number of hydrogen-bond acceptors (Lipinski definition) is 6. The number of carbonyl (C=O) groups is 1. The fourth-order valence-corrected chi connectivity index (χ4v) is 4.29. The van der Waals surface area contributed by atoms with E-state index in [1.807, 2.05) is 39.0 Å². The van der Waals surface area contributed by atoms with Crippen molar-refractivity contribution in [3.8, 4) is 17.2 Å². The van der Waals surface area contributed by atoms with E-state index in [4.69, 9.17) is 14.2 Å². The Bertz CT molecular complexity index is 1040. The summed E-state index contributed by atoms with van der Waals surface area (Å²) in [6.07, 6.45) is 0.142. The van der Waals surface area contributed by atoms with Gasteiger partial charge in [0.05, 0.1) is 37.7 Å². The number of nitrogens with zero attached hydrogens (tertiary/aromatic N) is 1. The molecule has 0 saturated heterocycles. The SMILES string of the molecule is CCOc1ccc([C@H](C)NC(=O)[C@@H]2CN(S(C)(=O)=O)c3ccccc3O2)cc1OCC. The van der Waals surface area contributed by atoms with E-state index in [1.54, 1.807) is 24.3 Å². The lowest BCUT2D eigenvalue weighted by molar-refractivity contribution is -0.128. The summed E-state index contributed by atoms with van der Waals surface area (Å²) in [6.45, 7) is 6.54. The second kappa shape index (κ2) is 9.47. The van der Waals surface area contributed by atoms with Gasteiger partial charge in [0.25, 0.3) is 5.91 Å². The molecule has 1 N–H and O–H groups in total. The first-order valence-electron chi connectivity index (χ1n) is 10.2. The van der Waals surface area contributed by atoms with E-state index in [-0.39, 0.29) is 12.6 Å². The van der Waals surface area contributed by atoms with Gasteiger partial charge in [-0.25, -0.2) is 8.42 Å². The van der Waals surface area contributed by atoms with E-state index in [9.17, 15) is 13.2 Å². The number of carbonyl (C=O) groups excluding carboxylic acids is 1. The number of ether oxygens (including phenoxy) is 3. The Morgan fingerprint density at radius 2 is 1.84 bits per heavy atom. The summed E-state index contributed by atoms with van der Waals surface area (Å²) in [4.78, 5) is 12.9. The number of sulfonamides is 1. The molecule has 0 radical (unpaired) electrons. The van der Waals surface area contributed by atoms with Gasteiger partial charge in [-0.1, -0.05) is 18.2 Å². The second-order valence-corrected chi connectivity index (χ2v) is 9.08. The van der Waals surface area contributed by atoms with Crippen molar-refractivity contribution >= 4 is 21.6 Å². The first kappa shape index (κ1) is 22.7. The average Bonchev–Trinajstić information content (AvgIpc) is 2.73. The lowest BCUT2D eigenvalue weighted by atomic mass is 10.1. The fraction of sp³-hybridized carbons (Fsp3) is 0.409. The van der Waals surface area contributed by atoms with E-state index < -0.39 is 22.0 Å². The molecule has 168 valence electrons. The monoisotopic (exact) mass is 448 g/mol. The van der Waals surface area contributed by atoms with Crippen LogP contribution < -0.4 is 23.8 Å². The van der Waals surface area contributed by atoms with E-state index in [1.165, 1.54) is 4.31 Å². The molecule has 2 aromatic rings. The third-order valence-electron chi connectivity index (χ3n) is 4.85. The summed E-state index contributed by atoms with van der Waals surface area (Å²) in [5.74, 6) is 1.20. The van der Waals surface area contributed by atoms with Crippen LogP contribution in [0.2, 0.25) is 0 Å². The molecule has 31 heavy (non-hydrogen) atoms. The largest absolute Gasteiger partial charge is 0.490 e. The molecule has 0 saturated carbocycles. The van der Waals surface area contributed by atoms with Gasteiger partial charge in [0.2, 0.25) is 10.0 Å². The van der Waals surface area contributed by atoms with E-state index in [0.29, 0.717) is 36.1 Å². The third-order valence-corrected chi connectivity index (χ3v) is 6.00.